The van der Waals surface area contributed by atoms with Crippen molar-refractivity contribution in [1.29, 1.82) is 0 Å². The summed E-state index contributed by atoms with van der Waals surface area (Å²) in [5.74, 6) is -6.94. The average molecular weight is 942 g/mol. The normalized spacial score (nSPS) is 11.7. The molecular weight excluding hydrogens is 887 g/mol. The molecule has 362 valence electrons. The number of nitrogens with two attached hydrogens (primary N) is 3. The van der Waals surface area contributed by atoms with Crippen molar-refractivity contribution < 1.29 is 39.6 Å². The van der Waals surface area contributed by atoms with Crippen LogP contribution in [0.5, 0.6) is 23.0 Å². The first-order valence-corrected chi connectivity index (χ1v) is 21.3. The number of aromatic nitrogens is 4. The maximum Gasteiger partial charge on any atom is 0.293 e. The number of amides is 4. The standard InChI is InChI=1S/C45H55N11O12/c1-52-15-11-31(35(58)43(52)66)41(64)51-14-19-56(18-13-50-40(63)30-8-12-49-42(65)34(30)57)22-26(20-25-4-6-29(46)7-5-25)21-55(16-9-27-23-53(2)44(67)36(59)32(27)38(47)61)17-10-28-24-54(3)45(68)37(60)33(28)39(48)62/h4-8,11-12,15,23-24,26,57-60H,9-10,13-14,16-22,46H2,1-3H3,(H2,47,61)(H2,48,62)(H,49,65)(H,50,63)(H,51,64). The van der Waals surface area contributed by atoms with E-state index in [4.69, 9.17) is 17.2 Å². The molecule has 4 heterocycles. The highest BCUT2D eigenvalue weighted by Gasteiger charge is 2.25. The smallest absolute Gasteiger partial charge is 0.293 e. The van der Waals surface area contributed by atoms with Crippen LogP contribution in [-0.4, -0.2) is 125 Å². The van der Waals surface area contributed by atoms with E-state index < -0.39 is 68.9 Å². The molecule has 4 amide bonds. The Morgan fingerprint density at radius 1 is 0.632 bits per heavy atom. The van der Waals surface area contributed by atoms with Gasteiger partial charge >= 0.3 is 0 Å². The Bertz CT molecular complexity index is 2850. The third-order valence-electron chi connectivity index (χ3n) is 11.4. The van der Waals surface area contributed by atoms with Crippen LogP contribution in [0.1, 0.15) is 58.1 Å². The van der Waals surface area contributed by atoms with E-state index in [0.717, 1.165) is 19.3 Å². The number of anilines is 1. The fraction of sp³-hybridized carbons (Fsp3) is 0.333. The van der Waals surface area contributed by atoms with Crippen molar-refractivity contribution >= 4 is 29.3 Å². The molecule has 5 rings (SSSR count). The first-order valence-electron chi connectivity index (χ1n) is 21.3. The number of aromatic amines is 1. The molecule has 4 aromatic heterocycles. The summed E-state index contributed by atoms with van der Waals surface area (Å²) in [5, 5.41) is 47.4. The zero-order valence-electron chi connectivity index (χ0n) is 37.7. The molecule has 1 aromatic carbocycles. The zero-order chi connectivity index (χ0) is 50.0. The molecule has 0 bridgehead atoms. The molecule has 0 aliphatic carbocycles. The summed E-state index contributed by atoms with van der Waals surface area (Å²) in [4.78, 5) is 107. The maximum atomic E-state index is 13.2. The van der Waals surface area contributed by atoms with Gasteiger partial charge < -0.3 is 71.8 Å². The number of aryl methyl sites for hydroxylation is 3. The van der Waals surface area contributed by atoms with Crippen molar-refractivity contribution in [2.75, 3.05) is 58.1 Å². The molecule has 23 nitrogen and oxygen atoms in total. The number of carbonyl (C=O) groups is 4. The molecule has 0 fully saturated rings. The van der Waals surface area contributed by atoms with Gasteiger partial charge in [-0.05, 0) is 66.1 Å². The van der Waals surface area contributed by atoms with Crippen LogP contribution in [0.3, 0.4) is 0 Å². The van der Waals surface area contributed by atoms with Crippen LogP contribution in [0.15, 0.2) is 80.4 Å². The van der Waals surface area contributed by atoms with Crippen molar-refractivity contribution in [2.45, 2.75) is 19.3 Å². The summed E-state index contributed by atoms with van der Waals surface area (Å²) in [6, 6.07) is 9.71. The lowest BCUT2D eigenvalue weighted by Gasteiger charge is -2.32. The van der Waals surface area contributed by atoms with Crippen molar-refractivity contribution in [3.63, 3.8) is 0 Å². The van der Waals surface area contributed by atoms with Gasteiger partial charge in [0, 0.05) is 104 Å². The van der Waals surface area contributed by atoms with Crippen LogP contribution in [0, 0.1) is 5.92 Å². The van der Waals surface area contributed by atoms with Crippen molar-refractivity contribution in [3.05, 3.63) is 142 Å². The highest BCUT2D eigenvalue weighted by atomic mass is 16.3. The monoisotopic (exact) mass is 941 g/mol. The van der Waals surface area contributed by atoms with Gasteiger partial charge in [-0.15, -0.1) is 0 Å². The van der Waals surface area contributed by atoms with Crippen molar-refractivity contribution in [1.82, 2.24) is 39.1 Å². The second kappa shape index (κ2) is 22.3. The number of benzene rings is 1. The molecule has 0 aliphatic rings. The lowest BCUT2D eigenvalue weighted by molar-refractivity contribution is 0.0935. The third kappa shape index (κ3) is 12.4. The van der Waals surface area contributed by atoms with Gasteiger partial charge in [0.2, 0.25) is 0 Å². The molecule has 0 saturated heterocycles. The lowest BCUT2D eigenvalue weighted by Crippen LogP contribution is -2.44. The summed E-state index contributed by atoms with van der Waals surface area (Å²) in [6.07, 6.45) is 5.89. The Labute approximate surface area is 387 Å². The van der Waals surface area contributed by atoms with E-state index in [0.29, 0.717) is 12.1 Å². The third-order valence-corrected chi connectivity index (χ3v) is 11.4. The molecule has 13 N–H and O–H groups in total. The van der Waals surface area contributed by atoms with Gasteiger partial charge in [0.1, 0.15) is 0 Å². The van der Waals surface area contributed by atoms with Crippen molar-refractivity contribution in [3.8, 4) is 23.0 Å². The molecule has 23 heteroatoms. The van der Waals surface area contributed by atoms with Gasteiger partial charge in [-0.2, -0.15) is 0 Å². The van der Waals surface area contributed by atoms with Gasteiger partial charge in [0.25, 0.3) is 45.9 Å². The number of rotatable bonds is 22. The van der Waals surface area contributed by atoms with Crippen LogP contribution in [0.25, 0.3) is 0 Å². The molecular formula is C45H55N11O12. The first-order chi connectivity index (χ1) is 32.2. The van der Waals surface area contributed by atoms with E-state index in [1.165, 1.54) is 58.1 Å². The predicted molar refractivity (Wildman–Crippen MR) is 249 cm³/mol. The number of nitrogens with one attached hydrogen (secondary N) is 3. The number of primary amides is 2. The number of H-pyrrole nitrogens is 1. The summed E-state index contributed by atoms with van der Waals surface area (Å²) < 4.78 is 3.34. The molecule has 0 aliphatic heterocycles. The van der Waals surface area contributed by atoms with Gasteiger partial charge in [-0.25, -0.2) is 0 Å². The molecule has 68 heavy (non-hydrogen) atoms. The van der Waals surface area contributed by atoms with Gasteiger partial charge in [-0.3, -0.25) is 43.3 Å². The molecule has 0 radical (unpaired) electrons. The van der Waals surface area contributed by atoms with E-state index in [-0.39, 0.29) is 104 Å². The topological polar surface area (TPSA) is 357 Å². The second-order valence-electron chi connectivity index (χ2n) is 16.3. The van der Waals surface area contributed by atoms with E-state index in [9.17, 15) is 58.8 Å². The first kappa shape index (κ1) is 50.8. The van der Waals surface area contributed by atoms with Crippen molar-refractivity contribution in [2.24, 2.45) is 38.5 Å². The van der Waals surface area contributed by atoms with Crippen LogP contribution >= 0.6 is 0 Å². The van der Waals surface area contributed by atoms with Crippen LogP contribution in [0.4, 0.5) is 5.69 Å². The molecule has 5 aromatic rings. The Morgan fingerprint density at radius 2 is 1.09 bits per heavy atom. The summed E-state index contributed by atoms with van der Waals surface area (Å²) in [5.41, 5.74) is 14.7. The SMILES string of the molecule is Cn1ccc(C(=O)NCCN(CCNC(=O)c2cc[nH]c(=O)c2O)CC(Cc2ccc(N)cc2)CN(CCc2cn(C)c(=O)c(O)c2C(N)=O)CCc2cn(C)c(=O)c(O)c2C(N)=O)c(O)c1=O. The number of hydrogen-bond donors (Lipinski definition) is 10. The number of carbonyl (C=O) groups excluding carboxylic acids is 4. The maximum absolute atomic E-state index is 13.2. The number of nitrogens with zero attached hydrogens (tertiary/aromatic N) is 5. The predicted octanol–water partition coefficient (Wildman–Crippen LogP) is -1.82. The Hall–Kier alpha value is -8.18. The summed E-state index contributed by atoms with van der Waals surface area (Å²) in [6.45, 7) is 1.13. The highest BCUT2D eigenvalue weighted by Crippen LogP contribution is 2.22. The van der Waals surface area contributed by atoms with Gasteiger partial charge in [0.15, 0.2) is 23.0 Å². The molecule has 0 saturated carbocycles. The highest BCUT2D eigenvalue weighted by molar-refractivity contribution is 5.98. The van der Waals surface area contributed by atoms with E-state index >= 15 is 0 Å². The zero-order valence-corrected chi connectivity index (χ0v) is 37.7. The van der Waals surface area contributed by atoms with Gasteiger partial charge in [0.05, 0.1) is 22.3 Å². The van der Waals surface area contributed by atoms with Crippen LogP contribution in [0.2, 0.25) is 0 Å². The van der Waals surface area contributed by atoms with E-state index in [2.05, 4.69) is 15.6 Å². The average Bonchev–Trinajstić information content (AvgIpc) is 3.28. The minimum Gasteiger partial charge on any atom is -0.502 e. The largest absolute Gasteiger partial charge is 0.502 e. The lowest BCUT2D eigenvalue weighted by atomic mass is 9.96. The van der Waals surface area contributed by atoms with Crippen LogP contribution in [-0.2, 0) is 40.4 Å². The number of hydrogen-bond acceptors (Lipinski definition) is 15. The molecule has 1 atom stereocenters. The minimum atomic E-state index is -1.02. The minimum absolute atomic E-state index is 0.00713. The van der Waals surface area contributed by atoms with Crippen LogP contribution < -0.4 is 50.1 Å². The number of pyridine rings is 4. The second-order valence-corrected chi connectivity index (χ2v) is 16.3. The number of aromatic hydroxyl groups is 4. The summed E-state index contributed by atoms with van der Waals surface area (Å²) >= 11 is 0. The Balaban J connectivity index is 1.50. The Kier molecular flexibility index (Phi) is 16.7. The summed E-state index contributed by atoms with van der Waals surface area (Å²) in [7, 11) is 4.22. The van der Waals surface area contributed by atoms with Gasteiger partial charge in [-0.1, -0.05) is 12.1 Å². The quantitative estimate of drug-likeness (QED) is 0.0342. The molecule has 1 unspecified atom stereocenters. The number of nitrogen functional groups attached to an aromatic ring is 1. The molecule has 0 spiro atoms. The van der Waals surface area contributed by atoms with E-state index in [1.807, 2.05) is 21.9 Å². The fourth-order valence-electron chi connectivity index (χ4n) is 7.84. The Morgan fingerprint density at radius 3 is 1.57 bits per heavy atom. The van der Waals surface area contributed by atoms with E-state index in [1.54, 1.807) is 12.1 Å². The fourth-order valence-corrected chi connectivity index (χ4v) is 7.84.